The Morgan fingerprint density at radius 2 is 2.27 bits per heavy atom. The third-order valence-corrected chi connectivity index (χ3v) is 2.93. The Balaban J connectivity index is 2.47. The molecule has 0 aromatic heterocycles. The maximum Gasteiger partial charge on any atom is 0.0945 e. The van der Waals surface area contributed by atoms with Crippen molar-refractivity contribution in [1.29, 1.82) is 0 Å². The number of ether oxygens (including phenoxy) is 1. The maximum atomic E-state index is 9.44. The van der Waals surface area contributed by atoms with Gasteiger partial charge in [-0.25, -0.2) is 0 Å². The predicted octanol–water partition coefficient (Wildman–Crippen LogP) is 2.18. The van der Waals surface area contributed by atoms with Crippen LogP contribution in [0.25, 0.3) is 0 Å². The second kappa shape index (κ2) is 6.10. The summed E-state index contributed by atoms with van der Waals surface area (Å²) in [5.41, 5.74) is 2.18. The molecule has 0 aliphatic heterocycles. The first-order chi connectivity index (χ1) is 7.13. The van der Waals surface area contributed by atoms with E-state index in [0.29, 0.717) is 13.2 Å². The second-order valence-electron chi connectivity index (χ2n) is 3.45. The van der Waals surface area contributed by atoms with E-state index in [9.17, 15) is 5.11 Å². The van der Waals surface area contributed by atoms with Crippen LogP contribution in [0.4, 0.5) is 5.69 Å². The van der Waals surface area contributed by atoms with Gasteiger partial charge < -0.3 is 15.2 Å². The summed E-state index contributed by atoms with van der Waals surface area (Å²) in [6.45, 7) is 2.87. The molecule has 0 aliphatic rings. The van der Waals surface area contributed by atoms with Crippen LogP contribution in [0.2, 0.25) is 0 Å². The Morgan fingerprint density at radius 1 is 1.53 bits per heavy atom. The van der Waals surface area contributed by atoms with Crippen LogP contribution in [0.15, 0.2) is 22.7 Å². The van der Waals surface area contributed by atoms with E-state index in [4.69, 9.17) is 4.74 Å². The lowest BCUT2D eigenvalue weighted by molar-refractivity contribution is 0.0727. The van der Waals surface area contributed by atoms with Crippen molar-refractivity contribution in [2.75, 3.05) is 25.6 Å². The number of nitrogens with one attached hydrogen (secondary N) is 1. The van der Waals surface area contributed by atoms with E-state index in [1.807, 2.05) is 25.1 Å². The van der Waals surface area contributed by atoms with E-state index in [-0.39, 0.29) is 0 Å². The highest BCUT2D eigenvalue weighted by molar-refractivity contribution is 9.10. The van der Waals surface area contributed by atoms with Crippen LogP contribution in [0.5, 0.6) is 0 Å². The van der Waals surface area contributed by atoms with Gasteiger partial charge in [-0.3, -0.25) is 0 Å². The molecule has 1 aromatic carbocycles. The molecule has 0 radical (unpaired) electrons. The fourth-order valence-corrected chi connectivity index (χ4v) is 1.57. The number of anilines is 1. The van der Waals surface area contributed by atoms with Gasteiger partial charge in [0.2, 0.25) is 0 Å². The minimum Gasteiger partial charge on any atom is -0.389 e. The van der Waals surface area contributed by atoms with Crippen molar-refractivity contribution in [3.8, 4) is 0 Å². The number of hydrogen-bond donors (Lipinski definition) is 2. The van der Waals surface area contributed by atoms with Crippen LogP contribution >= 0.6 is 15.9 Å². The summed E-state index contributed by atoms with van der Waals surface area (Å²) in [5, 5.41) is 12.6. The first-order valence-electron chi connectivity index (χ1n) is 4.80. The van der Waals surface area contributed by atoms with Gasteiger partial charge in [-0.2, -0.15) is 0 Å². The third-order valence-electron chi connectivity index (χ3n) is 2.07. The quantitative estimate of drug-likeness (QED) is 0.864. The summed E-state index contributed by atoms with van der Waals surface area (Å²) in [5.74, 6) is 0. The first-order valence-corrected chi connectivity index (χ1v) is 5.60. The summed E-state index contributed by atoms with van der Waals surface area (Å²) >= 11 is 3.46. The van der Waals surface area contributed by atoms with Crippen molar-refractivity contribution < 1.29 is 9.84 Å². The minimum atomic E-state index is -0.477. The lowest BCUT2D eigenvalue weighted by Crippen LogP contribution is -2.24. The van der Waals surface area contributed by atoms with Gasteiger partial charge in [0.1, 0.15) is 0 Å². The summed E-state index contributed by atoms with van der Waals surface area (Å²) in [7, 11) is 1.58. The molecule has 0 spiro atoms. The fraction of sp³-hybridized carbons (Fsp3) is 0.455. The summed E-state index contributed by atoms with van der Waals surface area (Å²) in [6, 6.07) is 6.00. The number of rotatable bonds is 5. The number of benzene rings is 1. The van der Waals surface area contributed by atoms with Crippen LogP contribution in [0.1, 0.15) is 5.56 Å². The molecule has 0 saturated heterocycles. The Hall–Kier alpha value is -0.580. The molecule has 0 fully saturated rings. The van der Waals surface area contributed by atoms with E-state index < -0.39 is 6.10 Å². The van der Waals surface area contributed by atoms with Crippen LogP contribution in [-0.2, 0) is 4.74 Å². The standard InChI is InChI=1S/C11H16BrNO2/c1-8-3-4-9(5-11(8)12)13-6-10(14)7-15-2/h3-5,10,13-14H,6-7H2,1-2H3. The Morgan fingerprint density at radius 3 is 2.87 bits per heavy atom. The van der Waals surface area contributed by atoms with Crippen molar-refractivity contribution in [2.45, 2.75) is 13.0 Å². The van der Waals surface area contributed by atoms with Crippen LogP contribution < -0.4 is 5.32 Å². The highest BCUT2D eigenvalue weighted by Crippen LogP contribution is 2.20. The van der Waals surface area contributed by atoms with Crippen molar-refractivity contribution in [3.63, 3.8) is 0 Å². The van der Waals surface area contributed by atoms with E-state index in [2.05, 4.69) is 21.2 Å². The molecule has 84 valence electrons. The number of methoxy groups -OCH3 is 1. The summed E-state index contributed by atoms with van der Waals surface area (Å²) in [6.07, 6.45) is -0.477. The number of aliphatic hydroxyl groups excluding tert-OH is 1. The van der Waals surface area contributed by atoms with Gasteiger partial charge in [-0.1, -0.05) is 22.0 Å². The predicted molar refractivity (Wildman–Crippen MR) is 65.3 cm³/mol. The van der Waals surface area contributed by atoms with Gasteiger partial charge in [0.15, 0.2) is 0 Å². The molecule has 4 heteroatoms. The normalized spacial score (nSPS) is 12.5. The first kappa shape index (κ1) is 12.5. The average molecular weight is 274 g/mol. The van der Waals surface area contributed by atoms with Gasteiger partial charge in [0.05, 0.1) is 12.7 Å². The zero-order valence-corrected chi connectivity index (χ0v) is 10.5. The van der Waals surface area contributed by atoms with Crippen molar-refractivity contribution >= 4 is 21.6 Å². The molecule has 1 rings (SSSR count). The Kier molecular flexibility index (Phi) is 5.08. The van der Waals surface area contributed by atoms with E-state index >= 15 is 0 Å². The lowest BCUT2D eigenvalue weighted by atomic mass is 10.2. The molecule has 3 nitrogen and oxygen atoms in total. The van der Waals surface area contributed by atoms with Gasteiger partial charge >= 0.3 is 0 Å². The average Bonchev–Trinajstić information content (AvgIpc) is 2.20. The topological polar surface area (TPSA) is 41.5 Å². The van der Waals surface area contributed by atoms with Crippen molar-refractivity contribution in [2.24, 2.45) is 0 Å². The third kappa shape index (κ3) is 4.20. The monoisotopic (exact) mass is 273 g/mol. The molecule has 15 heavy (non-hydrogen) atoms. The second-order valence-corrected chi connectivity index (χ2v) is 4.31. The molecule has 1 atom stereocenters. The fourth-order valence-electron chi connectivity index (χ4n) is 1.19. The largest absolute Gasteiger partial charge is 0.389 e. The zero-order chi connectivity index (χ0) is 11.3. The molecular formula is C11H16BrNO2. The van der Waals surface area contributed by atoms with Gasteiger partial charge in [0.25, 0.3) is 0 Å². The SMILES string of the molecule is COCC(O)CNc1ccc(C)c(Br)c1. The van der Waals surface area contributed by atoms with Crippen LogP contribution in [0.3, 0.4) is 0 Å². The van der Waals surface area contributed by atoms with Crippen LogP contribution in [-0.4, -0.2) is 31.5 Å². The number of aryl methyl sites for hydroxylation is 1. The summed E-state index contributed by atoms with van der Waals surface area (Å²) in [4.78, 5) is 0. The molecule has 1 aromatic rings. The zero-order valence-electron chi connectivity index (χ0n) is 8.96. The molecule has 0 amide bonds. The highest BCUT2D eigenvalue weighted by Gasteiger charge is 2.03. The van der Waals surface area contributed by atoms with E-state index in [1.54, 1.807) is 7.11 Å². The maximum absolute atomic E-state index is 9.44. The van der Waals surface area contributed by atoms with E-state index in [1.165, 1.54) is 5.56 Å². The Bertz CT molecular complexity index is 317. The van der Waals surface area contributed by atoms with E-state index in [0.717, 1.165) is 10.2 Å². The Labute approximate surface area is 98.6 Å². The van der Waals surface area contributed by atoms with Crippen molar-refractivity contribution in [1.82, 2.24) is 0 Å². The van der Waals surface area contributed by atoms with Gasteiger partial charge in [0, 0.05) is 23.8 Å². The van der Waals surface area contributed by atoms with Crippen LogP contribution in [0, 0.1) is 6.92 Å². The number of hydrogen-bond acceptors (Lipinski definition) is 3. The molecule has 1 unspecified atom stereocenters. The molecular weight excluding hydrogens is 258 g/mol. The number of halogens is 1. The van der Waals surface area contributed by atoms with Gasteiger partial charge in [-0.05, 0) is 24.6 Å². The molecule has 0 heterocycles. The highest BCUT2D eigenvalue weighted by atomic mass is 79.9. The molecule has 0 bridgehead atoms. The lowest BCUT2D eigenvalue weighted by Gasteiger charge is -2.12. The molecule has 0 saturated carbocycles. The number of aliphatic hydroxyl groups is 1. The van der Waals surface area contributed by atoms with Crippen molar-refractivity contribution in [3.05, 3.63) is 28.2 Å². The minimum absolute atomic E-state index is 0.347. The van der Waals surface area contributed by atoms with Gasteiger partial charge in [-0.15, -0.1) is 0 Å². The smallest absolute Gasteiger partial charge is 0.0945 e. The molecule has 2 N–H and O–H groups in total. The molecule has 0 aliphatic carbocycles. The summed E-state index contributed by atoms with van der Waals surface area (Å²) < 4.78 is 5.90.